The molecule has 6 nitrogen and oxygen atoms in total. The summed E-state index contributed by atoms with van der Waals surface area (Å²) in [7, 11) is 0. The maximum Gasteiger partial charge on any atom is 0.327 e. The number of fused-ring (bicyclic) bond motifs is 1. The molecule has 2 aliphatic heterocycles. The second kappa shape index (κ2) is 6.71. The lowest BCUT2D eigenvalue weighted by Gasteiger charge is -2.50. The van der Waals surface area contributed by atoms with E-state index >= 15 is 0 Å². The van der Waals surface area contributed by atoms with Crippen LogP contribution in [-0.4, -0.2) is 43.5 Å². The quantitative estimate of drug-likeness (QED) is 0.790. The van der Waals surface area contributed by atoms with Gasteiger partial charge in [0.1, 0.15) is 6.04 Å². The number of carbonyl (C=O) groups is 3. The molecule has 1 aromatic rings. The molecule has 136 valence electrons. The van der Waals surface area contributed by atoms with Gasteiger partial charge in [-0.3, -0.25) is 9.59 Å². The molecule has 2 amide bonds. The highest BCUT2D eigenvalue weighted by Crippen LogP contribution is 2.60. The van der Waals surface area contributed by atoms with Gasteiger partial charge >= 0.3 is 5.97 Å². The van der Waals surface area contributed by atoms with Crippen molar-refractivity contribution in [2.45, 2.75) is 49.8 Å². The first-order chi connectivity index (χ1) is 14.5. The normalized spacial score (nSPS) is 35.8. The Morgan fingerprint density at radius 2 is 2.00 bits per heavy atom. The molecule has 2 aliphatic rings. The van der Waals surface area contributed by atoms with Crippen LogP contribution in [0.1, 0.15) is 41.5 Å². The Morgan fingerprint density at radius 1 is 1.40 bits per heavy atom. The molecule has 0 bridgehead atoms. The third-order valence-corrected chi connectivity index (χ3v) is 5.85. The number of aliphatic carboxylic acids is 1. The third kappa shape index (κ3) is 3.51. The van der Waals surface area contributed by atoms with Crippen LogP contribution in [0.15, 0.2) is 30.2 Å². The zero-order valence-corrected chi connectivity index (χ0v) is 15.2. The molecule has 3 rings (SSSR count). The number of benzene rings is 1. The molecule has 0 radical (unpaired) electrons. The fraction of sp³-hybridized carbons (Fsp3) is 0.500. The van der Waals surface area contributed by atoms with Crippen LogP contribution in [-0.2, 0) is 20.8 Å². The summed E-state index contributed by atoms with van der Waals surface area (Å²) < 4.78 is 51.1. The van der Waals surface area contributed by atoms with Crippen LogP contribution in [0.3, 0.4) is 0 Å². The number of carbonyl (C=O) groups excluding carboxylic acids is 2. The van der Waals surface area contributed by atoms with Gasteiger partial charge in [0.15, 0.2) is 0 Å². The van der Waals surface area contributed by atoms with Crippen LogP contribution >= 0.6 is 11.8 Å². The van der Waals surface area contributed by atoms with Gasteiger partial charge in [-0.05, 0) is 26.3 Å². The predicted molar refractivity (Wildman–Crippen MR) is 96.8 cm³/mol. The number of carboxylic acids is 1. The Labute approximate surface area is 161 Å². The van der Waals surface area contributed by atoms with E-state index in [1.165, 1.54) is 16.7 Å². The summed E-state index contributed by atoms with van der Waals surface area (Å²) in [6.45, 7) is 6.99. The highest BCUT2D eigenvalue weighted by Gasteiger charge is 2.69. The summed E-state index contributed by atoms with van der Waals surface area (Å²) >= 11 is 1.42. The van der Waals surface area contributed by atoms with Crippen LogP contribution < -0.4 is 5.73 Å². The molecule has 2 saturated heterocycles. The van der Waals surface area contributed by atoms with Crippen molar-refractivity contribution in [1.82, 2.24) is 4.90 Å². The Morgan fingerprint density at radius 3 is 2.52 bits per heavy atom. The van der Waals surface area contributed by atoms with Crippen LogP contribution in [0.5, 0.6) is 0 Å². The maximum atomic E-state index is 11.9. The Kier molecular flexibility index (Phi) is 3.10. The number of amides is 2. The molecule has 1 aromatic carbocycles. The monoisotopic (exact) mass is 371 g/mol. The largest absolute Gasteiger partial charge is 0.480 e. The summed E-state index contributed by atoms with van der Waals surface area (Å²) in [5.41, 5.74) is 4.86. The molecule has 0 saturated carbocycles. The SMILES string of the molecule is [2H]OC(=O)C1N2C(=O)C([2H])(C)C2(C)SC1(C)C.[2H]c1c([2H])c([2H])c(CC(N)=O)c([2H])c1[2H]. The summed E-state index contributed by atoms with van der Waals surface area (Å²) in [6.07, 6.45) is -0.351. The molecule has 0 spiro atoms. The van der Waals surface area contributed by atoms with Gasteiger partial charge in [-0.15, -0.1) is 11.8 Å². The lowest BCUT2D eigenvalue weighted by Crippen LogP contribution is -2.67. The summed E-state index contributed by atoms with van der Waals surface area (Å²) in [6, 6.07) is -2.92. The number of hydrogen-bond acceptors (Lipinski definition) is 5. The lowest BCUT2D eigenvalue weighted by molar-refractivity contribution is -0.169. The average molecular weight is 372 g/mol. The highest BCUT2D eigenvalue weighted by atomic mass is 32.2. The molecular formula is C18H24N2O4S. The molecule has 2 heterocycles. The minimum atomic E-state index is -1.23. The summed E-state index contributed by atoms with van der Waals surface area (Å²) in [4.78, 5) is 34.9. The van der Waals surface area contributed by atoms with Crippen molar-refractivity contribution in [3.8, 4) is 0 Å². The smallest absolute Gasteiger partial charge is 0.327 e. The molecule has 0 aromatic heterocycles. The van der Waals surface area contributed by atoms with Crippen molar-refractivity contribution in [2.75, 3.05) is 0 Å². The number of hydrogen-bond donors (Lipinski definition) is 2. The van der Waals surface area contributed by atoms with E-state index in [1.807, 2.05) is 13.8 Å². The third-order valence-electron chi connectivity index (χ3n) is 4.20. The van der Waals surface area contributed by atoms with Gasteiger partial charge in [-0.25, -0.2) is 4.79 Å². The van der Waals surface area contributed by atoms with E-state index < -0.39 is 51.6 Å². The maximum absolute atomic E-state index is 11.9. The number of thioether (sulfide) groups is 1. The minimum Gasteiger partial charge on any atom is -0.480 e. The first kappa shape index (κ1) is 11.6. The molecule has 2 fully saturated rings. The van der Waals surface area contributed by atoms with Gasteiger partial charge in [-0.1, -0.05) is 37.1 Å². The fourth-order valence-electron chi connectivity index (χ4n) is 3.00. The van der Waals surface area contributed by atoms with Crippen LogP contribution in [0.2, 0.25) is 0 Å². The first-order valence-electron chi connectivity index (χ1n) is 10.9. The standard InChI is InChI=1S/C10H15NO3S.C8H9NO/c1-5-7(12)11-6(8(13)14)9(2,3)15-10(5,11)4;9-8(10)6-7-4-2-1-3-5-7/h5-6H,1-4H3,(H,13,14);1-5H,6H2,(H2,9,10)/i5D;1D,2D,3D,4D,5D/hD. The van der Waals surface area contributed by atoms with Crippen molar-refractivity contribution in [2.24, 2.45) is 11.6 Å². The van der Waals surface area contributed by atoms with Gasteiger partial charge in [0.25, 0.3) is 1.43 Å². The van der Waals surface area contributed by atoms with Crippen molar-refractivity contribution in [1.29, 1.82) is 1.43 Å². The molecule has 3 atom stereocenters. The summed E-state index contributed by atoms with van der Waals surface area (Å²) in [5, 5.41) is 4.03. The van der Waals surface area contributed by atoms with E-state index in [0.717, 1.165) is 0 Å². The van der Waals surface area contributed by atoms with Gasteiger partial charge in [-0.2, -0.15) is 0 Å². The minimum absolute atomic E-state index is 0.0616. The van der Waals surface area contributed by atoms with E-state index in [9.17, 15) is 14.4 Å². The number of β-lactam (4-membered cyclic amide) rings is 1. The fourth-order valence-corrected chi connectivity index (χ4v) is 4.86. The van der Waals surface area contributed by atoms with E-state index in [-0.39, 0.29) is 30.0 Å². The second-order valence-electron chi connectivity index (χ2n) is 6.46. The lowest BCUT2D eigenvalue weighted by atomic mass is 9.85. The number of nitrogens with two attached hydrogens (primary N) is 1. The zero-order valence-electron chi connectivity index (χ0n) is 21.4. The topological polar surface area (TPSA) is 101 Å². The van der Waals surface area contributed by atoms with Gasteiger partial charge in [0.2, 0.25) is 11.8 Å². The van der Waals surface area contributed by atoms with E-state index in [2.05, 4.69) is 5.11 Å². The van der Waals surface area contributed by atoms with Crippen molar-refractivity contribution < 1.29 is 27.7 Å². The number of primary amides is 1. The molecule has 0 aliphatic carbocycles. The Bertz CT molecular complexity index is 975. The van der Waals surface area contributed by atoms with Gasteiger partial charge in [0.05, 0.1) is 24.0 Å². The van der Waals surface area contributed by atoms with Crippen molar-refractivity contribution >= 4 is 29.5 Å². The molecule has 3 N–H and O–H groups in total. The molecular weight excluding hydrogens is 340 g/mol. The Balaban J connectivity index is 0.000000229. The molecule has 7 heteroatoms. The van der Waals surface area contributed by atoms with Crippen LogP contribution in [0.4, 0.5) is 0 Å². The second-order valence-corrected chi connectivity index (χ2v) is 8.51. The number of rotatable bonds is 3. The van der Waals surface area contributed by atoms with E-state index in [4.69, 9.17) is 15.4 Å². The predicted octanol–water partition coefficient (Wildman–Crippen LogP) is 1.87. The van der Waals surface area contributed by atoms with Crippen LogP contribution in [0.25, 0.3) is 1.43 Å². The van der Waals surface area contributed by atoms with Crippen molar-refractivity contribution in [3.05, 3.63) is 35.8 Å². The van der Waals surface area contributed by atoms with E-state index in [1.54, 1.807) is 13.8 Å². The van der Waals surface area contributed by atoms with Crippen molar-refractivity contribution in [3.63, 3.8) is 0 Å². The number of carboxylic acid groups (broad SMARTS) is 1. The first-order valence-corrected chi connectivity index (χ1v) is 8.32. The van der Waals surface area contributed by atoms with Gasteiger partial charge < -0.3 is 15.7 Å². The average Bonchev–Trinajstić information content (AvgIpc) is 2.92. The Hall–Kier alpha value is -2.02. The van der Waals surface area contributed by atoms with Gasteiger partial charge in [0, 0.05) is 6.12 Å². The summed E-state index contributed by atoms with van der Waals surface area (Å²) in [5.74, 6) is -3.08. The molecule has 3 unspecified atom stereocenters. The van der Waals surface area contributed by atoms with E-state index in [0.29, 0.717) is 0 Å². The molecule has 25 heavy (non-hydrogen) atoms. The highest BCUT2D eigenvalue weighted by molar-refractivity contribution is 8.02. The number of nitrogens with zero attached hydrogens (tertiary/aromatic N) is 1. The van der Waals surface area contributed by atoms with Crippen LogP contribution in [0, 0.1) is 5.89 Å². The zero-order chi connectivity index (χ0) is 25.0.